The fourth-order valence-corrected chi connectivity index (χ4v) is 3.17. The molecule has 0 saturated heterocycles. The summed E-state index contributed by atoms with van der Waals surface area (Å²) in [7, 11) is -1.15. The largest absolute Gasteiger partial charge is 0.465 e. The van der Waals surface area contributed by atoms with Crippen LogP contribution in [0.2, 0.25) is 5.02 Å². The molecule has 0 radical (unpaired) electrons. The Labute approximate surface area is 172 Å². The highest BCUT2D eigenvalue weighted by Crippen LogP contribution is 2.24. The normalized spacial score (nSPS) is 10.8. The van der Waals surface area contributed by atoms with Crippen molar-refractivity contribution in [3.8, 4) is 0 Å². The van der Waals surface area contributed by atoms with E-state index in [0.717, 1.165) is 6.26 Å². The van der Waals surface area contributed by atoms with E-state index in [1.807, 2.05) is 0 Å². The molecule has 2 rings (SSSR count). The van der Waals surface area contributed by atoms with Gasteiger partial charge in [-0.05, 0) is 36.4 Å². The van der Waals surface area contributed by atoms with Gasteiger partial charge in [-0.2, -0.15) is 0 Å². The van der Waals surface area contributed by atoms with Gasteiger partial charge in [-0.1, -0.05) is 11.6 Å². The molecule has 0 fully saturated rings. The topological polar surface area (TPSA) is 128 Å². The van der Waals surface area contributed by atoms with Crippen LogP contribution in [-0.4, -0.2) is 46.7 Å². The van der Waals surface area contributed by atoms with Crippen LogP contribution in [0.25, 0.3) is 0 Å². The van der Waals surface area contributed by atoms with Crippen molar-refractivity contribution in [2.75, 3.05) is 30.5 Å². The summed E-state index contributed by atoms with van der Waals surface area (Å²) in [5.74, 6) is -2.06. The number of esters is 2. The van der Waals surface area contributed by atoms with E-state index >= 15 is 0 Å². The molecule has 0 aliphatic rings. The lowest BCUT2D eigenvalue weighted by Gasteiger charge is -2.11. The van der Waals surface area contributed by atoms with Gasteiger partial charge >= 0.3 is 11.9 Å². The van der Waals surface area contributed by atoms with E-state index in [9.17, 15) is 22.8 Å². The van der Waals surface area contributed by atoms with Gasteiger partial charge < -0.3 is 14.8 Å². The highest BCUT2D eigenvalue weighted by molar-refractivity contribution is 7.92. The van der Waals surface area contributed by atoms with E-state index in [2.05, 4.69) is 19.5 Å². The molecule has 29 heavy (non-hydrogen) atoms. The second-order valence-electron chi connectivity index (χ2n) is 5.81. The predicted molar refractivity (Wildman–Crippen MR) is 107 cm³/mol. The Bertz CT molecular complexity index is 1050. The van der Waals surface area contributed by atoms with Crippen molar-refractivity contribution in [3.05, 3.63) is 58.1 Å². The summed E-state index contributed by atoms with van der Waals surface area (Å²) in [6, 6.07) is 7.89. The molecule has 0 bridgehead atoms. The highest BCUT2D eigenvalue weighted by Gasteiger charge is 2.17. The Morgan fingerprint density at radius 3 is 1.90 bits per heavy atom. The molecule has 0 aliphatic carbocycles. The quantitative estimate of drug-likeness (QED) is 0.660. The lowest BCUT2D eigenvalue weighted by Crippen LogP contribution is -2.15. The molecular weight excluding hydrogens is 424 g/mol. The number of halogens is 1. The summed E-state index contributed by atoms with van der Waals surface area (Å²) in [4.78, 5) is 36.2. The van der Waals surface area contributed by atoms with Gasteiger partial charge in [0.15, 0.2) is 0 Å². The fraction of sp³-hybridized carbons (Fsp3) is 0.167. The number of amides is 1. The smallest absolute Gasteiger partial charge is 0.337 e. The number of benzene rings is 2. The molecule has 0 saturated carbocycles. The van der Waals surface area contributed by atoms with Crippen LogP contribution in [0.15, 0.2) is 36.4 Å². The second kappa shape index (κ2) is 8.93. The zero-order chi connectivity index (χ0) is 21.8. The van der Waals surface area contributed by atoms with E-state index < -0.39 is 27.9 Å². The minimum absolute atomic E-state index is 0.00605. The number of rotatable bonds is 6. The summed E-state index contributed by atoms with van der Waals surface area (Å²) in [6.45, 7) is 0. The lowest BCUT2D eigenvalue weighted by atomic mass is 10.1. The summed E-state index contributed by atoms with van der Waals surface area (Å²) in [6.07, 6.45) is 0.981. The van der Waals surface area contributed by atoms with Gasteiger partial charge in [0.05, 0.1) is 42.2 Å². The third-order valence-electron chi connectivity index (χ3n) is 3.55. The molecule has 9 nitrogen and oxygen atoms in total. The summed E-state index contributed by atoms with van der Waals surface area (Å²) >= 11 is 6.08. The van der Waals surface area contributed by atoms with Crippen molar-refractivity contribution in [2.24, 2.45) is 0 Å². The third-order valence-corrected chi connectivity index (χ3v) is 4.47. The van der Waals surface area contributed by atoms with Crippen LogP contribution in [0.5, 0.6) is 0 Å². The van der Waals surface area contributed by atoms with Crippen molar-refractivity contribution < 1.29 is 32.3 Å². The van der Waals surface area contributed by atoms with Crippen molar-refractivity contribution in [1.82, 2.24) is 0 Å². The first kappa shape index (κ1) is 22.2. The van der Waals surface area contributed by atoms with E-state index in [1.54, 1.807) is 0 Å². The molecule has 2 aromatic carbocycles. The average Bonchev–Trinajstić information content (AvgIpc) is 2.65. The second-order valence-corrected chi connectivity index (χ2v) is 7.96. The SMILES string of the molecule is COC(=O)c1cc(NC(=O)c2ccc(NS(C)(=O)=O)cc2Cl)cc(C(=O)OC)c1. The van der Waals surface area contributed by atoms with Crippen LogP contribution in [-0.2, 0) is 19.5 Å². The standard InChI is InChI=1S/C18H17ClN2O7S/c1-27-17(23)10-6-11(18(24)28-2)8-13(7-10)20-16(22)14-5-4-12(9-15(14)19)21-29(3,25)26/h4-9,21H,1-3H3,(H,20,22). The molecule has 11 heteroatoms. The number of hydrogen-bond donors (Lipinski definition) is 2. The maximum atomic E-state index is 12.6. The molecule has 0 aliphatic heterocycles. The highest BCUT2D eigenvalue weighted by atomic mass is 35.5. The van der Waals surface area contributed by atoms with E-state index in [4.69, 9.17) is 11.6 Å². The molecular formula is C18H17ClN2O7S. The predicted octanol–water partition coefficient (Wildman–Crippen LogP) is 2.54. The van der Waals surface area contributed by atoms with E-state index in [0.29, 0.717) is 0 Å². The van der Waals surface area contributed by atoms with Crippen molar-refractivity contribution in [2.45, 2.75) is 0 Å². The number of carbonyl (C=O) groups is 3. The van der Waals surface area contributed by atoms with Gasteiger partial charge in [0.1, 0.15) is 0 Å². The minimum atomic E-state index is -3.50. The Hall–Kier alpha value is -3.11. The molecule has 0 spiro atoms. The maximum absolute atomic E-state index is 12.6. The molecule has 0 aromatic heterocycles. The van der Waals surface area contributed by atoms with Crippen LogP contribution in [0.4, 0.5) is 11.4 Å². The number of sulfonamides is 1. The lowest BCUT2D eigenvalue weighted by molar-refractivity contribution is 0.0598. The van der Waals surface area contributed by atoms with Gasteiger partial charge in [-0.15, -0.1) is 0 Å². The van der Waals surface area contributed by atoms with Crippen LogP contribution in [0, 0.1) is 0 Å². The number of methoxy groups -OCH3 is 2. The van der Waals surface area contributed by atoms with Crippen molar-refractivity contribution in [3.63, 3.8) is 0 Å². The molecule has 0 atom stereocenters. The minimum Gasteiger partial charge on any atom is -0.465 e. The van der Waals surface area contributed by atoms with Gasteiger partial charge in [0.25, 0.3) is 5.91 Å². The Kier molecular flexibility index (Phi) is 6.83. The first-order valence-electron chi connectivity index (χ1n) is 7.94. The van der Waals surface area contributed by atoms with Crippen molar-refractivity contribution in [1.29, 1.82) is 0 Å². The van der Waals surface area contributed by atoms with Gasteiger partial charge in [-0.25, -0.2) is 18.0 Å². The van der Waals surface area contributed by atoms with Crippen LogP contribution < -0.4 is 10.0 Å². The molecule has 2 N–H and O–H groups in total. The zero-order valence-corrected chi connectivity index (χ0v) is 17.2. The Morgan fingerprint density at radius 1 is 0.897 bits per heavy atom. The first-order valence-corrected chi connectivity index (χ1v) is 10.2. The number of ether oxygens (including phenoxy) is 2. The Balaban J connectivity index is 2.34. The Morgan fingerprint density at radius 2 is 1.45 bits per heavy atom. The summed E-state index contributed by atoms with van der Waals surface area (Å²) in [5.41, 5.74) is 0.435. The third kappa shape index (κ3) is 5.93. The molecule has 0 unspecified atom stereocenters. The van der Waals surface area contributed by atoms with Crippen LogP contribution in [0.1, 0.15) is 31.1 Å². The maximum Gasteiger partial charge on any atom is 0.337 e. The average molecular weight is 441 g/mol. The molecule has 2 aromatic rings. The fourth-order valence-electron chi connectivity index (χ4n) is 2.35. The van der Waals surface area contributed by atoms with Crippen LogP contribution in [0.3, 0.4) is 0 Å². The van der Waals surface area contributed by atoms with E-state index in [1.165, 1.54) is 50.6 Å². The van der Waals surface area contributed by atoms with Crippen LogP contribution >= 0.6 is 11.6 Å². The zero-order valence-electron chi connectivity index (χ0n) is 15.6. The van der Waals surface area contributed by atoms with Gasteiger partial charge in [-0.3, -0.25) is 9.52 Å². The number of anilines is 2. The summed E-state index contributed by atoms with van der Waals surface area (Å²) in [5, 5.41) is 2.52. The monoisotopic (exact) mass is 440 g/mol. The van der Waals surface area contributed by atoms with Gasteiger partial charge in [0, 0.05) is 11.4 Å². The molecule has 154 valence electrons. The molecule has 0 heterocycles. The summed E-state index contributed by atoms with van der Waals surface area (Å²) < 4.78 is 34.1. The van der Waals surface area contributed by atoms with Gasteiger partial charge in [0.2, 0.25) is 10.0 Å². The number of carbonyl (C=O) groups excluding carboxylic acids is 3. The van der Waals surface area contributed by atoms with Crippen molar-refractivity contribution >= 4 is 50.8 Å². The van der Waals surface area contributed by atoms with E-state index in [-0.39, 0.29) is 33.1 Å². The number of nitrogens with one attached hydrogen (secondary N) is 2. The number of hydrogen-bond acceptors (Lipinski definition) is 7. The molecule has 1 amide bonds. The first-order chi connectivity index (χ1) is 13.5.